The van der Waals surface area contributed by atoms with Gasteiger partial charge in [-0.1, -0.05) is 0 Å². The van der Waals surface area contributed by atoms with Crippen LogP contribution in [-0.4, -0.2) is 15.8 Å². The minimum Gasteiger partial charge on any atom is -0.279 e. The number of H-pyrrole nitrogens is 1. The third kappa shape index (κ3) is 2.65. The van der Waals surface area contributed by atoms with Gasteiger partial charge in [0.15, 0.2) is 0 Å². The van der Waals surface area contributed by atoms with Gasteiger partial charge < -0.3 is 0 Å². The predicted octanol–water partition coefficient (Wildman–Crippen LogP) is 0.876. The number of nitrogens with one attached hydrogen (secondary N) is 1. The smallest absolute Gasteiger partial charge is 0.279 e. The van der Waals surface area contributed by atoms with Gasteiger partial charge in [-0.2, -0.15) is 13.2 Å². The van der Waals surface area contributed by atoms with Crippen LogP contribution in [0.2, 0.25) is 0 Å². The maximum Gasteiger partial charge on any atom is 0.431 e. The van der Waals surface area contributed by atoms with Crippen LogP contribution in [-0.2, 0) is 12.1 Å². The lowest BCUT2D eigenvalue weighted by atomic mass is 10.4. The number of aromatic amines is 1. The summed E-state index contributed by atoms with van der Waals surface area (Å²) < 4.78 is 37.7. The molecule has 0 atom stereocenters. The van der Waals surface area contributed by atoms with Crippen LogP contribution in [0.25, 0.3) is 0 Å². The summed E-state index contributed by atoms with van der Waals surface area (Å²) in [5, 5.41) is 0. The molecule has 0 aromatic carbocycles. The number of rotatable bonds is 2. The van der Waals surface area contributed by atoms with E-state index in [4.69, 9.17) is 0 Å². The van der Waals surface area contributed by atoms with Crippen LogP contribution < -0.4 is 11.2 Å². The molecule has 0 aliphatic rings. The van der Waals surface area contributed by atoms with Crippen molar-refractivity contribution in [2.45, 2.75) is 12.1 Å². The number of hydrogen-bond donors (Lipinski definition) is 1. The molecule has 4 nitrogen and oxygen atoms in total. The normalized spacial score (nSPS) is 11.7. The molecule has 8 heteroatoms. The topological polar surface area (TPSA) is 54.9 Å². The Bertz CT molecular complexity index is 463. The molecule has 1 rings (SSSR count). The van der Waals surface area contributed by atoms with Gasteiger partial charge in [0, 0.05) is 6.07 Å². The highest BCUT2D eigenvalue weighted by atomic mass is 32.2. The monoisotopic (exact) mass is 240 g/mol. The van der Waals surface area contributed by atoms with Crippen LogP contribution in [0.1, 0.15) is 5.69 Å². The highest BCUT2D eigenvalue weighted by molar-refractivity contribution is 7.97. The lowest BCUT2D eigenvalue weighted by Gasteiger charge is -2.12. The number of thioether (sulfide) groups is 1. The van der Waals surface area contributed by atoms with Crippen molar-refractivity contribution < 1.29 is 13.2 Å². The Balaban J connectivity index is 3.47. The third-order valence-electron chi connectivity index (χ3n) is 1.58. The molecule has 0 fully saturated rings. The highest BCUT2D eigenvalue weighted by Crippen LogP contribution is 2.27. The first-order chi connectivity index (χ1) is 6.86. The van der Waals surface area contributed by atoms with Crippen molar-refractivity contribution in [3.05, 3.63) is 32.6 Å². The van der Waals surface area contributed by atoms with Crippen LogP contribution in [0.5, 0.6) is 0 Å². The van der Waals surface area contributed by atoms with Gasteiger partial charge in [0.05, 0.1) is 5.88 Å². The molecule has 0 bridgehead atoms. The van der Waals surface area contributed by atoms with Gasteiger partial charge in [0.1, 0.15) is 5.69 Å². The predicted molar refractivity (Wildman–Crippen MR) is 49.8 cm³/mol. The minimum atomic E-state index is -4.71. The summed E-state index contributed by atoms with van der Waals surface area (Å²) in [5.74, 6) is -0.162. The molecular weight excluding hydrogens is 233 g/mol. The van der Waals surface area contributed by atoms with Crippen molar-refractivity contribution in [1.82, 2.24) is 9.55 Å². The van der Waals surface area contributed by atoms with Gasteiger partial charge in [-0.3, -0.25) is 14.3 Å². The molecule has 0 aliphatic carbocycles. The average Bonchev–Trinajstić information content (AvgIpc) is 2.07. The molecule has 0 aliphatic heterocycles. The Kier molecular flexibility index (Phi) is 3.28. The molecule has 1 aromatic heterocycles. The minimum absolute atomic E-state index is 0.162. The Hall–Kier alpha value is -1.18. The van der Waals surface area contributed by atoms with Crippen LogP contribution in [0.15, 0.2) is 15.7 Å². The van der Waals surface area contributed by atoms with Gasteiger partial charge >= 0.3 is 11.9 Å². The molecule has 0 radical (unpaired) electrons. The molecule has 84 valence electrons. The number of hydrogen-bond acceptors (Lipinski definition) is 3. The quantitative estimate of drug-likeness (QED) is 0.834. The first-order valence-electron chi connectivity index (χ1n) is 3.76. The first-order valence-corrected chi connectivity index (χ1v) is 5.16. The summed E-state index contributed by atoms with van der Waals surface area (Å²) in [6.45, 7) is 0. The van der Waals surface area contributed by atoms with Crippen molar-refractivity contribution in [2.24, 2.45) is 0 Å². The second-order valence-electron chi connectivity index (χ2n) is 2.67. The zero-order valence-electron chi connectivity index (χ0n) is 7.59. The van der Waals surface area contributed by atoms with E-state index in [1.165, 1.54) is 0 Å². The Labute approximate surface area is 86.1 Å². The van der Waals surface area contributed by atoms with E-state index in [0.29, 0.717) is 10.6 Å². The summed E-state index contributed by atoms with van der Waals surface area (Å²) in [4.78, 5) is 23.6. The lowest BCUT2D eigenvalue weighted by Crippen LogP contribution is -2.34. The van der Waals surface area contributed by atoms with Crippen molar-refractivity contribution >= 4 is 11.8 Å². The molecule has 0 saturated carbocycles. The second kappa shape index (κ2) is 4.13. The molecule has 0 spiro atoms. The Morgan fingerprint density at radius 1 is 1.47 bits per heavy atom. The largest absolute Gasteiger partial charge is 0.431 e. The van der Waals surface area contributed by atoms with E-state index >= 15 is 0 Å². The molecule has 1 N–H and O–H groups in total. The number of alkyl halides is 3. The number of halogens is 3. The molecule has 1 aromatic rings. The summed E-state index contributed by atoms with van der Waals surface area (Å²) >= 11 is 1.05. The van der Waals surface area contributed by atoms with E-state index < -0.39 is 23.1 Å². The Morgan fingerprint density at radius 2 is 2.07 bits per heavy atom. The van der Waals surface area contributed by atoms with Crippen LogP contribution in [0.3, 0.4) is 0 Å². The molecule has 0 saturated heterocycles. The summed E-state index contributed by atoms with van der Waals surface area (Å²) in [6.07, 6.45) is -3.15. The zero-order valence-corrected chi connectivity index (χ0v) is 8.41. The summed E-state index contributed by atoms with van der Waals surface area (Å²) in [5.41, 5.74) is -3.33. The SMILES string of the molecule is CSCn1c(C(F)(F)F)cc(=O)[nH]c1=O. The van der Waals surface area contributed by atoms with Crippen molar-refractivity contribution in [1.29, 1.82) is 0 Å². The van der Waals surface area contributed by atoms with Gasteiger partial charge in [0.25, 0.3) is 5.56 Å². The van der Waals surface area contributed by atoms with Gasteiger partial charge in [0.2, 0.25) is 0 Å². The molecule has 0 unspecified atom stereocenters. The van der Waals surface area contributed by atoms with Crippen molar-refractivity contribution in [2.75, 3.05) is 6.26 Å². The zero-order chi connectivity index (χ0) is 11.6. The van der Waals surface area contributed by atoms with Gasteiger partial charge in [-0.25, -0.2) is 4.79 Å². The van der Waals surface area contributed by atoms with Gasteiger partial charge in [-0.15, -0.1) is 11.8 Å². The number of aromatic nitrogens is 2. The van der Waals surface area contributed by atoms with Crippen LogP contribution >= 0.6 is 11.8 Å². The standard InChI is InChI=1S/C7H7F3N2O2S/c1-15-3-12-4(7(8,9)10)2-5(13)11-6(12)14/h2H,3H2,1H3,(H,11,13,14). The van der Waals surface area contributed by atoms with E-state index in [1.807, 2.05) is 0 Å². The van der Waals surface area contributed by atoms with E-state index in [2.05, 4.69) is 0 Å². The van der Waals surface area contributed by atoms with E-state index in [0.717, 1.165) is 11.8 Å². The maximum atomic E-state index is 12.4. The average molecular weight is 240 g/mol. The molecular formula is C7H7F3N2O2S. The fourth-order valence-corrected chi connectivity index (χ4v) is 1.53. The second-order valence-corrected chi connectivity index (χ2v) is 3.50. The molecule has 15 heavy (non-hydrogen) atoms. The van der Waals surface area contributed by atoms with Crippen molar-refractivity contribution in [3.63, 3.8) is 0 Å². The fraction of sp³-hybridized carbons (Fsp3) is 0.429. The van der Waals surface area contributed by atoms with E-state index in [1.54, 1.807) is 11.2 Å². The maximum absolute atomic E-state index is 12.4. The van der Waals surface area contributed by atoms with Gasteiger partial charge in [-0.05, 0) is 6.26 Å². The van der Waals surface area contributed by atoms with E-state index in [9.17, 15) is 22.8 Å². The lowest BCUT2D eigenvalue weighted by molar-refractivity contribution is -0.144. The van der Waals surface area contributed by atoms with Crippen LogP contribution in [0, 0.1) is 0 Å². The molecule has 0 amide bonds. The number of nitrogens with zero attached hydrogens (tertiary/aromatic N) is 1. The summed E-state index contributed by atoms with van der Waals surface area (Å²) in [7, 11) is 0. The highest BCUT2D eigenvalue weighted by Gasteiger charge is 2.34. The summed E-state index contributed by atoms with van der Waals surface area (Å²) in [6, 6.07) is 0.373. The van der Waals surface area contributed by atoms with E-state index in [-0.39, 0.29) is 5.88 Å². The van der Waals surface area contributed by atoms with Crippen LogP contribution in [0.4, 0.5) is 13.2 Å². The van der Waals surface area contributed by atoms with Crippen molar-refractivity contribution in [3.8, 4) is 0 Å². The third-order valence-corrected chi connectivity index (χ3v) is 2.10. The first kappa shape index (κ1) is 11.9. The Morgan fingerprint density at radius 3 is 2.53 bits per heavy atom. The fourth-order valence-electron chi connectivity index (χ4n) is 1.01. The molecule has 1 heterocycles.